The number of hydrogen-bond acceptors (Lipinski definition) is 13. The summed E-state index contributed by atoms with van der Waals surface area (Å²) in [6.07, 6.45) is 0.118. The molecule has 0 N–H and O–H groups in total. The molecule has 1 radical (unpaired) electrons. The zero-order valence-electron chi connectivity index (χ0n) is 31.1. The van der Waals surface area contributed by atoms with E-state index in [9.17, 15) is 49.1 Å². The zero-order valence-corrected chi connectivity index (χ0v) is 36.6. The number of rotatable bonds is 3. The molecular formula is C32H35BF6O12S2Zr2-. The molecule has 0 saturated carbocycles. The van der Waals surface area contributed by atoms with E-state index in [1.165, 1.54) is 32.4 Å². The van der Waals surface area contributed by atoms with Crippen LogP contribution in [0.15, 0.2) is 78.9 Å². The number of fused-ring (bicyclic) bond motifs is 2. The van der Waals surface area contributed by atoms with E-state index in [2.05, 4.69) is 22.9 Å². The van der Waals surface area contributed by atoms with Crippen LogP contribution in [0.3, 0.4) is 0 Å². The predicted octanol–water partition coefficient (Wildman–Crippen LogP) is 7.05. The summed E-state index contributed by atoms with van der Waals surface area (Å²) in [7, 11) is -4.26. The van der Waals surface area contributed by atoms with E-state index in [1.807, 2.05) is 60.7 Å². The van der Waals surface area contributed by atoms with E-state index >= 15 is 0 Å². The van der Waals surface area contributed by atoms with Crippen LogP contribution in [0.5, 0.6) is 11.5 Å². The molecule has 0 aliphatic carbocycles. The van der Waals surface area contributed by atoms with Gasteiger partial charge in [0.15, 0.2) is 5.78 Å². The summed E-state index contributed by atoms with van der Waals surface area (Å²) in [5.74, 6) is 0.457. The number of sulfone groups is 1. The molecule has 4 aromatic carbocycles. The molecule has 55 heavy (non-hydrogen) atoms. The van der Waals surface area contributed by atoms with Crippen molar-refractivity contribution in [2.75, 3.05) is 20.5 Å². The summed E-state index contributed by atoms with van der Waals surface area (Å²) < 4.78 is 139. The molecule has 0 spiro atoms. The number of ketones is 1. The number of halogens is 6. The first-order chi connectivity index (χ1) is 25.9. The van der Waals surface area contributed by atoms with Crippen molar-refractivity contribution >= 4 is 67.6 Å². The number of Topliss-reactive ketones (excluding diaryl/α,β-unsaturated/α-hetero) is 1. The fourth-order valence-corrected chi connectivity index (χ4v) is 3.28. The molecule has 0 bridgehead atoms. The van der Waals surface area contributed by atoms with E-state index in [-0.39, 0.29) is 12.0 Å². The van der Waals surface area contributed by atoms with Crippen molar-refractivity contribution in [3.05, 3.63) is 84.4 Å². The molecule has 0 fully saturated rings. The van der Waals surface area contributed by atoms with Gasteiger partial charge in [-0.15, -0.1) is 0 Å². The molecule has 23 heteroatoms. The first-order valence-electron chi connectivity index (χ1n) is 14.7. The Kier molecular flexibility index (Phi) is 31.5. The van der Waals surface area contributed by atoms with Gasteiger partial charge in [0.05, 0.1) is 27.6 Å². The topological polar surface area (TPSA) is 181 Å². The third-order valence-electron chi connectivity index (χ3n) is 5.32. The van der Waals surface area contributed by atoms with E-state index < -0.39 is 43.5 Å². The van der Waals surface area contributed by atoms with Gasteiger partial charge in [-0.3, -0.25) is 14.4 Å². The molecular weight excluding hydrogens is 948 g/mol. The number of methoxy groups -OCH3 is 2. The van der Waals surface area contributed by atoms with Gasteiger partial charge >= 0.3 is 78.0 Å². The molecule has 0 aliphatic heterocycles. The molecule has 4 aromatic rings. The third kappa shape index (κ3) is 26.3. The van der Waals surface area contributed by atoms with Crippen molar-refractivity contribution in [2.45, 2.75) is 38.6 Å². The molecule has 0 aliphatic rings. The minimum absolute atomic E-state index is 0.0312. The molecule has 4 rings (SSSR count). The van der Waals surface area contributed by atoms with Gasteiger partial charge in [0.2, 0.25) is 9.84 Å². The minimum atomic E-state index is -5.09. The quantitative estimate of drug-likeness (QED) is 0.0510. The third-order valence-corrected chi connectivity index (χ3v) is 6.54. The molecule has 12 nitrogen and oxygen atoms in total. The molecule has 0 atom stereocenters. The number of carbonyl (C=O) groups excluding carboxylic acids is 3. The summed E-state index contributed by atoms with van der Waals surface area (Å²) in [4.78, 5) is 31.2. The monoisotopic (exact) mass is 982 g/mol. The van der Waals surface area contributed by atoms with Crippen molar-refractivity contribution in [1.82, 2.24) is 0 Å². The fraction of sp³-hybridized carbons (Fsp3) is 0.281. The van der Waals surface area contributed by atoms with Gasteiger partial charge in [0.1, 0.15) is 11.5 Å². The molecule has 301 valence electrons. The first-order valence-corrected chi connectivity index (χ1v) is 19.1. The summed E-state index contributed by atoms with van der Waals surface area (Å²) in [5, 5.41) is 4.48. The first kappa shape index (κ1) is 56.1. The standard InChI is InChI=1S/C13H12O2.C11H10O.C4H6O3.C2H3F3O2S.CH4B.CF3O2S.2O.2Zr/c1-9(14)13-11-6-4-3-5-10(11)7-8-12(13)15-2;1-12-11-7-6-9-4-2-3-5-10(9)8-11;1-3(5)7-4(2)6;1-8(6,7)2(3,4)5;1-2;2-1(3,4)7(5)6;;;;/h3-8H,1-2H3;2-8H,1H3;1-2H3;1H3;2H,1H3;;;;;/q;;;;;-1;;;;/i;;;;2T;;;;;. The van der Waals surface area contributed by atoms with Crippen molar-refractivity contribution < 1.29 is 127 Å². The maximum atomic E-state index is 11.6. The van der Waals surface area contributed by atoms with Crippen molar-refractivity contribution in [2.24, 2.45) is 0 Å². The number of benzene rings is 4. The van der Waals surface area contributed by atoms with Gasteiger partial charge in [-0.1, -0.05) is 67.5 Å². The van der Waals surface area contributed by atoms with Gasteiger partial charge in [-0.25, -0.2) is 8.42 Å². The van der Waals surface area contributed by atoms with E-state index in [4.69, 9.17) is 24.9 Å². The van der Waals surface area contributed by atoms with Gasteiger partial charge < -0.3 is 22.6 Å². The summed E-state index contributed by atoms with van der Waals surface area (Å²) >= 11 is 0.600. The number of carbonyl (C=O) groups is 3. The molecule has 0 saturated heterocycles. The van der Waals surface area contributed by atoms with Crippen LogP contribution >= 0.6 is 0 Å². The van der Waals surface area contributed by atoms with E-state index in [0.717, 1.165) is 16.5 Å². The Morgan fingerprint density at radius 2 is 1.11 bits per heavy atom. The summed E-state index contributed by atoms with van der Waals surface area (Å²) in [6.45, 7) is 5.59. The number of alkyl halides is 6. The van der Waals surface area contributed by atoms with Crippen molar-refractivity contribution in [1.29, 1.82) is 1.34 Å². The van der Waals surface area contributed by atoms with Crippen LogP contribution < -0.4 is 9.47 Å². The Hall–Kier alpha value is -3.28. The van der Waals surface area contributed by atoms with Crippen molar-refractivity contribution in [3.63, 3.8) is 0 Å². The average molecular weight is 985 g/mol. The SMILES string of the molecule is CC(=O)OC(C)=O.COc1ccc2ccccc2c1.COc1ccc2ccccc2c1C(C)=O.CS(=O)(=O)C(F)(F)F.O=[S-](=O)C(F)(F)F.[3H][B]C.[O]=[Zr].[O]=[Zr]. The molecule has 0 unspecified atom stereocenters. The predicted molar refractivity (Wildman–Crippen MR) is 184 cm³/mol. The van der Waals surface area contributed by atoms with Gasteiger partial charge in [-0.05, 0) is 48.0 Å². The normalized spacial score (nSPS) is 10.0. The van der Waals surface area contributed by atoms with E-state index in [0.29, 0.717) is 60.8 Å². The van der Waals surface area contributed by atoms with Crippen LogP contribution in [0, 0.1) is 0 Å². The van der Waals surface area contributed by atoms with Crippen LogP contribution in [0.4, 0.5) is 26.3 Å². The molecule has 0 amide bonds. The second kappa shape index (κ2) is 30.9. The maximum absolute atomic E-state index is 11.6. The second-order valence-electron chi connectivity index (χ2n) is 9.12. The zero-order chi connectivity index (χ0) is 44.9. The van der Waals surface area contributed by atoms with Gasteiger partial charge in [-0.2, -0.15) is 26.3 Å². The number of esters is 2. The van der Waals surface area contributed by atoms with Gasteiger partial charge in [0, 0.05) is 30.8 Å². The Bertz CT molecular complexity index is 1960. The molecule has 0 heterocycles. The Morgan fingerprint density at radius 1 is 0.727 bits per heavy atom. The Balaban J connectivity index is -0.000000299. The van der Waals surface area contributed by atoms with Crippen LogP contribution in [0.2, 0.25) is 6.82 Å². The van der Waals surface area contributed by atoms with Crippen LogP contribution in [0.25, 0.3) is 21.5 Å². The Morgan fingerprint density at radius 3 is 1.44 bits per heavy atom. The Labute approximate surface area is 348 Å². The summed E-state index contributed by atoms with van der Waals surface area (Å²) in [5.41, 5.74) is -9.51. The number of hydrogen-bond donors (Lipinski definition) is 0. The average Bonchev–Trinajstić information content (AvgIpc) is 3.12. The molecule has 0 aromatic heterocycles. The van der Waals surface area contributed by atoms with Crippen LogP contribution in [-0.4, -0.2) is 66.8 Å². The van der Waals surface area contributed by atoms with E-state index in [1.54, 1.807) is 28.0 Å². The van der Waals surface area contributed by atoms with Crippen molar-refractivity contribution in [3.8, 4) is 11.5 Å². The van der Waals surface area contributed by atoms with Crippen LogP contribution in [-0.2, 0) is 98.4 Å². The van der Waals surface area contributed by atoms with Gasteiger partial charge in [0.25, 0.3) is 0 Å². The summed E-state index contributed by atoms with van der Waals surface area (Å²) in [6, 6.07) is 25.9. The fourth-order valence-electron chi connectivity index (χ4n) is 3.28. The number of ether oxygens (including phenoxy) is 3. The second-order valence-corrected chi connectivity index (χ2v) is 12.1. The van der Waals surface area contributed by atoms with Crippen LogP contribution in [0.1, 0.15) is 31.1 Å².